The minimum atomic E-state index is -1.04. The van der Waals surface area contributed by atoms with Gasteiger partial charge in [-0.05, 0) is 36.9 Å². The lowest BCUT2D eigenvalue weighted by atomic mass is 9.76. The average Bonchev–Trinajstić information content (AvgIpc) is 2.86. The molecule has 0 fully saturated rings. The number of benzene rings is 2. The van der Waals surface area contributed by atoms with E-state index in [0.29, 0.717) is 6.42 Å². The Morgan fingerprint density at radius 3 is 1.92 bits per heavy atom. The molecule has 206 valence electrons. The number of carbonyl (C=O) groups excluding carboxylic acids is 2. The van der Waals surface area contributed by atoms with E-state index >= 15 is 0 Å². The summed E-state index contributed by atoms with van der Waals surface area (Å²) in [6.45, 7) is 11.2. The van der Waals surface area contributed by atoms with Crippen molar-refractivity contribution < 1.29 is 19.5 Å². The van der Waals surface area contributed by atoms with Crippen molar-refractivity contribution in [2.24, 2.45) is 5.41 Å². The molecule has 0 heterocycles. The molecule has 0 spiro atoms. The zero-order chi connectivity index (χ0) is 28.7. The van der Waals surface area contributed by atoms with Gasteiger partial charge in [-0.25, -0.2) is 4.79 Å². The Morgan fingerprint density at radius 1 is 0.921 bits per heavy atom. The molecule has 0 unspecified atom stereocenters. The number of rotatable bonds is 11. The van der Waals surface area contributed by atoms with Gasteiger partial charge in [-0.2, -0.15) is 0 Å². The van der Waals surface area contributed by atoms with Crippen LogP contribution in [0.5, 0.6) is 0 Å². The van der Waals surface area contributed by atoms with Crippen LogP contribution in [-0.2, 0) is 26.2 Å². The summed E-state index contributed by atoms with van der Waals surface area (Å²) >= 11 is 0. The summed E-state index contributed by atoms with van der Waals surface area (Å²) in [5.74, 6) is -1.60. The molecular formula is C31H43N3O4. The van der Waals surface area contributed by atoms with Crippen molar-refractivity contribution in [3.05, 3.63) is 83.4 Å². The first-order chi connectivity index (χ1) is 17.7. The van der Waals surface area contributed by atoms with Crippen LogP contribution in [0.1, 0.15) is 52.7 Å². The van der Waals surface area contributed by atoms with Gasteiger partial charge >= 0.3 is 5.97 Å². The van der Waals surface area contributed by atoms with Gasteiger partial charge in [0.05, 0.1) is 12.1 Å². The van der Waals surface area contributed by atoms with Gasteiger partial charge in [-0.15, -0.1) is 0 Å². The van der Waals surface area contributed by atoms with Crippen LogP contribution in [0, 0.1) is 5.41 Å². The van der Waals surface area contributed by atoms with Crippen LogP contribution < -0.4 is 10.6 Å². The lowest BCUT2D eigenvalue weighted by Crippen LogP contribution is -2.61. The summed E-state index contributed by atoms with van der Waals surface area (Å²) in [5, 5.41) is 15.7. The summed E-state index contributed by atoms with van der Waals surface area (Å²) in [6.07, 6.45) is 2.04. The third-order valence-corrected chi connectivity index (χ3v) is 7.10. The maximum Gasteiger partial charge on any atom is 0.331 e. The molecule has 0 aliphatic rings. The fraction of sp³-hybridized carbons (Fsp3) is 0.452. The number of nitrogens with zero attached hydrogens (tertiary/aromatic N) is 1. The number of carboxylic acids is 1. The number of nitrogens with one attached hydrogen (secondary N) is 2. The van der Waals surface area contributed by atoms with E-state index in [0.717, 1.165) is 11.1 Å². The Morgan fingerprint density at radius 2 is 1.45 bits per heavy atom. The second-order valence-corrected chi connectivity index (χ2v) is 11.5. The number of carboxylic acid groups (broad SMARTS) is 1. The second-order valence-electron chi connectivity index (χ2n) is 11.5. The zero-order valence-electron chi connectivity index (χ0n) is 23.9. The molecule has 2 amide bonds. The van der Waals surface area contributed by atoms with E-state index in [1.165, 1.54) is 6.92 Å². The number of amides is 2. The molecule has 7 heteroatoms. The van der Waals surface area contributed by atoms with Crippen molar-refractivity contribution >= 4 is 17.8 Å². The van der Waals surface area contributed by atoms with Crippen LogP contribution in [-0.4, -0.2) is 60.0 Å². The molecule has 3 atom stereocenters. The third kappa shape index (κ3) is 7.78. The Labute approximate surface area is 227 Å². The maximum absolute atomic E-state index is 14.0. The van der Waals surface area contributed by atoms with E-state index in [9.17, 15) is 19.5 Å². The Hall–Kier alpha value is -3.45. The van der Waals surface area contributed by atoms with Gasteiger partial charge in [0, 0.05) is 18.0 Å². The first kappa shape index (κ1) is 30.8. The highest BCUT2D eigenvalue weighted by Gasteiger charge is 2.41. The van der Waals surface area contributed by atoms with E-state index in [1.807, 2.05) is 95.3 Å². The van der Waals surface area contributed by atoms with Gasteiger partial charge in [0.2, 0.25) is 11.8 Å². The minimum absolute atomic E-state index is 0.154. The van der Waals surface area contributed by atoms with Crippen molar-refractivity contribution in [1.82, 2.24) is 15.5 Å². The smallest absolute Gasteiger partial charge is 0.331 e. The maximum atomic E-state index is 14.0. The Kier molecular flexibility index (Phi) is 10.4. The zero-order valence-corrected chi connectivity index (χ0v) is 23.9. The lowest BCUT2D eigenvalue weighted by Gasteiger charge is -2.39. The van der Waals surface area contributed by atoms with E-state index in [4.69, 9.17) is 0 Å². The van der Waals surface area contributed by atoms with Gasteiger partial charge in [-0.1, -0.05) is 101 Å². The van der Waals surface area contributed by atoms with Gasteiger partial charge in [0.1, 0.15) is 6.04 Å². The molecule has 7 nitrogen and oxygen atoms in total. The van der Waals surface area contributed by atoms with Crippen LogP contribution in [0.4, 0.5) is 0 Å². The minimum Gasteiger partial charge on any atom is -0.478 e. The largest absolute Gasteiger partial charge is 0.478 e. The summed E-state index contributed by atoms with van der Waals surface area (Å²) in [7, 11) is 3.40. The van der Waals surface area contributed by atoms with Crippen LogP contribution >= 0.6 is 0 Å². The topological polar surface area (TPSA) is 98.7 Å². The second kappa shape index (κ2) is 12.9. The van der Waals surface area contributed by atoms with Crippen molar-refractivity contribution in [2.75, 3.05) is 14.1 Å². The van der Waals surface area contributed by atoms with Crippen LogP contribution in [0.3, 0.4) is 0 Å². The summed E-state index contributed by atoms with van der Waals surface area (Å²) in [5.41, 5.74) is 0.986. The molecule has 0 aromatic heterocycles. The summed E-state index contributed by atoms with van der Waals surface area (Å²) in [4.78, 5) is 40.8. The van der Waals surface area contributed by atoms with Crippen molar-refractivity contribution in [2.45, 2.75) is 71.5 Å². The monoisotopic (exact) mass is 521 g/mol. The molecule has 38 heavy (non-hydrogen) atoms. The highest BCUT2D eigenvalue weighted by molar-refractivity contribution is 5.91. The van der Waals surface area contributed by atoms with E-state index in [2.05, 4.69) is 10.6 Å². The molecule has 0 aliphatic carbocycles. The Balaban J connectivity index is 2.38. The standard InChI is InChI=1S/C31H43N3O4/c1-21(29(37)38)19-24(20-22-15-11-9-12-16-22)34(8)28(36)26(30(2,3)4)33-27(35)25(32-7)31(5,6)23-17-13-10-14-18-23/h9-19,24-26,32H,20H2,1-8H3,(H,33,35)(H,37,38)/b21-19+/t24-,25-,26-/m1/s1. The van der Waals surface area contributed by atoms with Crippen molar-refractivity contribution in [1.29, 1.82) is 0 Å². The quantitative estimate of drug-likeness (QED) is 0.385. The van der Waals surface area contributed by atoms with E-state index < -0.39 is 34.9 Å². The SMILES string of the molecule is CN[C@H](C(=O)N[C@H](C(=O)N(C)[C@H](/C=C(\C)C(=O)O)Cc1ccccc1)C(C)(C)C)C(C)(C)c1ccccc1. The molecule has 0 bridgehead atoms. The van der Waals surface area contributed by atoms with Gasteiger partial charge < -0.3 is 20.6 Å². The van der Waals surface area contributed by atoms with Crippen LogP contribution in [0.15, 0.2) is 72.3 Å². The molecule has 0 saturated heterocycles. The van der Waals surface area contributed by atoms with Crippen molar-refractivity contribution in [3.63, 3.8) is 0 Å². The fourth-order valence-corrected chi connectivity index (χ4v) is 4.62. The molecule has 2 aromatic carbocycles. The molecule has 2 rings (SSSR count). The van der Waals surface area contributed by atoms with Gasteiger partial charge in [-0.3, -0.25) is 9.59 Å². The summed E-state index contributed by atoms with van der Waals surface area (Å²) in [6, 6.07) is 17.5. The fourth-order valence-electron chi connectivity index (χ4n) is 4.62. The molecule has 2 aromatic rings. The third-order valence-electron chi connectivity index (χ3n) is 7.10. The van der Waals surface area contributed by atoms with Gasteiger partial charge in [0.25, 0.3) is 0 Å². The highest BCUT2D eigenvalue weighted by atomic mass is 16.4. The number of likely N-dealkylation sites (N-methyl/N-ethyl adjacent to an activating group) is 2. The predicted molar refractivity (Wildman–Crippen MR) is 152 cm³/mol. The first-order valence-electron chi connectivity index (χ1n) is 13.0. The summed E-state index contributed by atoms with van der Waals surface area (Å²) < 4.78 is 0. The molecular weight excluding hydrogens is 478 g/mol. The normalized spacial score (nSPS) is 14.8. The van der Waals surface area contributed by atoms with E-state index in [1.54, 1.807) is 25.1 Å². The number of hydrogen-bond acceptors (Lipinski definition) is 4. The first-order valence-corrected chi connectivity index (χ1v) is 13.0. The number of carbonyl (C=O) groups is 3. The van der Waals surface area contributed by atoms with Crippen LogP contribution in [0.2, 0.25) is 0 Å². The van der Waals surface area contributed by atoms with Crippen molar-refractivity contribution in [3.8, 4) is 0 Å². The highest BCUT2D eigenvalue weighted by Crippen LogP contribution is 2.29. The Bertz CT molecular complexity index is 1120. The number of aliphatic carboxylic acids is 1. The lowest BCUT2D eigenvalue weighted by molar-refractivity contribution is -0.140. The number of hydrogen-bond donors (Lipinski definition) is 3. The van der Waals surface area contributed by atoms with Crippen LogP contribution in [0.25, 0.3) is 0 Å². The molecule has 0 saturated carbocycles. The molecule has 3 N–H and O–H groups in total. The molecule has 0 aliphatic heterocycles. The molecule has 0 radical (unpaired) electrons. The predicted octanol–water partition coefficient (Wildman–Crippen LogP) is 4.18. The van der Waals surface area contributed by atoms with Gasteiger partial charge in [0.15, 0.2) is 0 Å². The van der Waals surface area contributed by atoms with E-state index in [-0.39, 0.29) is 17.4 Å². The average molecular weight is 522 g/mol.